The minimum Gasteiger partial charge on any atom is -0.484 e. The van der Waals surface area contributed by atoms with Crippen LogP contribution in [0.15, 0.2) is 42.6 Å². The van der Waals surface area contributed by atoms with Gasteiger partial charge in [-0.05, 0) is 36.2 Å². The minimum atomic E-state index is -2.74. The van der Waals surface area contributed by atoms with E-state index in [0.717, 1.165) is 25.4 Å². The van der Waals surface area contributed by atoms with Crippen molar-refractivity contribution in [3.05, 3.63) is 53.9 Å². The van der Waals surface area contributed by atoms with Gasteiger partial charge in [0.1, 0.15) is 5.75 Å². The molecule has 1 amide bonds. The molecule has 1 aromatic heterocycles. The number of rotatable bonds is 12. The lowest BCUT2D eigenvalue weighted by atomic mass is 9.96. The highest BCUT2D eigenvalue weighted by atomic mass is 16.5. The van der Waals surface area contributed by atoms with Gasteiger partial charge in [-0.15, -0.1) is 0 Å². The van der Waals surface area contributed by atoms with Crippen LogP contribution in [0.3, 0.4) is 0 Å². The van der Waals surface area contributed by atoms with Gasteiger partial charge in [0, 0.05) is 44.6 Å². The lowest BCUT2D eigenvalue weighted by Crippen LogP contribution is -2.42. The molecule has 1 saturated heterocycles. The van der Waals surface area contributed by atoms with Crippen molar-refractivity contribution in [2.24, 2.45) is 0 Å². The van der Waals surface area contributed by atoms with Crippen LogP contribution in [-0.2, 0) is 37.0 Å². The first-order valence-corrected chi connectivity index (χ1v) is 13.9. The average Bonchev–Trinajstić information content (AvgIpc) is 3.43. The Labute approximate surface area is 243 Å². The summed E-state index contributed by atoms with van der Waals surface area (Å²) in [6.45, 7) is 7.92. The second-order valence-corrected chi connectivity index (χ2v) is 10.3. The number of benzene rings is 1. The van der Waals surface area contributed by atoms with Crippen LogP contribution >= 0.6 is 0 Å². The minimum absolute atomic E-state index is 0.0242. The molecule has 0 radical (unpaired) electrons. The summed E-state index contributed by atoms with van der Waals surface area (Å²) in [6, 6.07) is 13.1. The molecule has 1 aromatic carbocycles. The van der Waals surface area contributed by atoms with E-state index in [-0.39, 0.29) is 12.5 Å². The molecular weight excluding hydrogens is 550 g/mol. The summed E-state index contributed by atoms with van der Waals surface area (Å²) in [6.07, 6.45) is 2.26. The third kappa shape index (κ3) is 9.29. The van der Waals surface area contributed by atoms with Crippen LogP contribution in [0.1, 0.15) is 49.9 Å². The third-order valence-electron chi connectivity index (χ3n) is 7.16. The monoisotopic (exact) mass is 589 g/mol. The predicted octanol–water partition coefficient (Wildman–Crippen LogP) is 1.83. The van der Waals surface area contributed by atoms with Crippen molar-refractivity contribution in [3.63, 3.8) is 0 Å². The van der Waals surface area contributed by atoms with E-state index in [0.29, 0.717) is 32.3 Å². The van der Waals surface area contributed by atoms with Gasteiger partial charge in [0.25, 0.3) is 5.91 Å². The first-order chi connectivity index (χ1) is 20.0. The predicted molar refractivity (Wildman–Crippen MR) is 149 cm³/mol. The van der Waals surface area contributed by atoms with Crippen molar-refractivity contribution < 1.29 is 49.1 Å². The fourth-order valence-electron chi connectivity index (χ4n) is 4.99. The van der Waals surface area contributed by atoms with Gasteiger partial charge < -0.3 is 39.4 Å². The summed E-state index contributed by atoms with van der Waals surface area (Å²) in [5.74, 6) is -4.25. The van der Waals surface area contributed by atoms with Crippen molar-refractivity contribution >= 4 is 23.8 Å². The van der Waals surface area contributed by atoms with Gasteiger partial charge in [-0.2, -0.15) is 0 Å². The molecule has 0 bridgehead atoms. The number of ether oxygens (including phenoxy) is 2. The van der Waals surface area contributed by atoms with Crippen LogP contribution in [0.4, 0.5) is 0 Å². The Bertz CT molecular complexity index is 1190. The van der Waals surface area contributed by atoms with Crippen LogP contribution in [0.5, 0.6) is 5.75 Å². The molecule has 2 aliphatic rings. The molecule has 0 saturated carbocycles. The van der Waals surface area contributed by atoms with Crippen molar-refractivity contribution in [1.82, 2.24) is 14.4 Å². The maximum absolute atomic E-state index is 12.2. The van der Waals surface area contributed by atoms with Crippen LogP contribution in [0, 0.1) is 0 Å². The van der Waals surface area contributed by atoms with Gasteiger partial charge in [-0.1, -0.05) is 25.5 Å². The molecule has 0 spiro atoms. The van der Waals surface area contributed by atoms with E-state index < -0.39 is 36.4 Å². The number of carbonyl (C=O) groups is 4. The SMILES string of the molecule is CCCC1c2cccn2CCN1Cc1ccc(OCC(=O)N2CCOCC2)cc1.O=C(O)CC(O)(CC(=O)O)C(=O)O. The molecule has 2 aromatic rings. The number of carbonyl (C=O) groups excluding carboxylic acids is 1. The fraction of sp³-hybridized carbons (Fsp3) is 0.517. The Hall–Kier alpha value is -3.94. The summed E-state index contributed by atoms with van der Waals surface area (Å²) in [5.41, 5.74) is -0.0323. The standard InChI is InChI=1S/C23H31N3O3.C6H8O7/c1-2-4-21-22-5-3-10-24(22)11-12-26(21)17-19-6-8-20(9-7-19)29-18-23(27)25-13-15-28-16-14-25;7-3(8)1-6(13,5(11)12)2-4(9)10/h3,5-10,21H,2,4,11-18H2,1H3;13H,1-2H2,(H,7,8)(H,9,10)(H,11,12). The number of carboxylic acid groups (broad SMARTS) is 3. The number of carboxylic acids is 3. The number of fused-ring (bicyclic) bond motifs is 1. The molecule has 4 N–H and O–H groups in total. The zero-order chi connectivity index (χ0) is 30.7. The smallest absolute Gasteiger partial charge is 0.336 e. The van der Waals surface area contributed by atoms with E-state index in [2.05, 4.69) is 46.9 Å². The Kier molecular flexibility index (Phi) is 11.9. The summed E-state index contributed by atoms with van der Waals surface area (Å²) in [7, 11) is 0. The Morgan fingerprint density at radius 1 is 0.952 bits per heavy atom. The normalized spacial score (nSPS) is 17.0. The maximum Gasteiger partial charge on any atom is 0.336 e. The van der Waals surface area contributed by atoms with Crippen molar-refractivity contribution in [1.29, 1.82) is 0 Å². The highest BCUT2D eigenvalue weighted by Gasteiger charge is 2.40. The fourth-order valence-corrected chi connectivity index (χ4v) is 4.99. The second kappa shape index (κ2) is 15.3. The summed E-state index contributed by atoms with van der Waals surface area (Å²) in [5, 5.41) is 33.8. The number of nitrogens with zero attached hydrogens (tertiary/aromatic N) is 3. The van der Waals surface area contributed by atoms with E-state index in [4.69, 9.17) is 29.9 Å². The van der Waals surface area contributed by atoms with E-state index in [9.17, 15) is 19.2 Å². The molecule has 4 rings (SSSR count). The summed E-state index contributed by atoms with van der Waals surface area (Å²) >= 11 is 0. The number of aliphatic hydroxyl groups is 1. The summed E-state index contributed by atoms with van der Waals surface area (Å²) in [4.78, 5) is 47.1. The first kappa shape index (κ1) is 32.6. The highest BCUT2D eigenvalue weighted by Crippen LogP contribution is 2.31. The molecule has 2 aliphatic heterocycles. The third-order valence-corrected chi connectivity index (χ3v) is 7.16. The second-order valence-electron chi connectivity index (χ2n) is 10.3. The van der Waals surface area contributed by atoms with Crippen molar-refractivity contribution in [2.45, 2.75) is 57.3 Å². The molecule has 230 valence electrons. The number of hydrogen-bond donors (Lipinski definition) is 4. The Balaban J connectivity index is 0.000000316. The number of amides is 1. The zero-order valence-electron chi connectivity index (χ0n) is 23.7. The average molecular weight is 590 g/mol. The Morgan fingerprint density at radius 3 is 2.17 bits per heavy atom. The van der Waals surface area contributed by atoms with Gasteiger partial charge in [0.15, 0.2) is 12.2 Å². The first-order valence-electron chi connectivity index (χ1n) is 13.9. The largest absolute Gasteiger partial charge is 0.484 e. The Morgan fingerprint density at radius 2 is 1.60 bits per heavy atom. The lowest BCUT2D eigenvalue weighted by molar-refractivity contribution is -0.170. The zero-order valence-corrected chi connectivity index (χ0v) is 23.7. The number of morpholine rings is 1. The molecule has 0 aliphatic carbocycles. The van der Waals surface area contributed by atoms with E-state index in [1.807, 2.05) is 12.1 Å². The quantitative estimate of drug-likeness (QED) is 0.284. The molecule has 13 heteroatoms. The van der Waals surface area contributed by atoms with Crippen LogP contribution in [0.25, 0.3) is 0 Å². The van der Waals surface area contributed by atoms with E-state index in [1.165, 1.54) is 24.1 Å². The molecule has 13 nitrogen and oxygen atoms in total. The highest BCUT2D eigenvalue weighted by molar-refractivity contribution is 5.88. The van der Waals surface area contributed by atoms with Crippen LogP contribution in [0.2, 0.25) is 0 Å². The van der Waals surface area contributed by atoms with Crippen molar-refractivity contribution in [2.75, 3.05) is 39.5 Å². The molecule has 1 atom stereocenters. The molecule has 1 fully saturated rings. The van der Waals surface area contributed by atoms with Crippen LogP contribution in [-0.4, -0.2) is 104 Å². The van der Waals surface area contributed by atoms with Gasteiger partial charge in [-0.25, -0.2) is 4.79 Å². The molecule has 1 unspecified atom stereocenters. The van der Waals surface area contributed by atoms with E-state index >= 15 is 0 Å². The van der Waals surface area contributed by atoms with Gasteiger partial charge in [0.2, 0.25) is 0 Å². The summed E-state index contributed by atoms with van der Waals surface area (Å²) < 4.78 is 13.4. The van der Waals surface area contributed by atoms with Gasteiger partial charge in [0.05, 0.1) is 32.1 Å². The van der Waals surface area contributed by atoms with Gasteiger partial charge >= 0.3 is 17.9 Å². The maximum atomic E-state index is 12.2. The number of hydrogen-bond acceptors (Lipinski definition) is 8. The van der Waals surface area contributed by atoms with Gasteiger partial charge in [-0.3, -0.25) is 19.3 Å². The lowest BCUT2D eigenvalue weighted by Gasteiger charge is -2.37. The van der Waals surface area contributed by atoms with E-state index in [1.54, 1.807) is 4.90 Å². The molecule has 3 heterocycles. The van der Waals surface area contributed by atoms with Crippen molar-refractivity contribution in [3.8, 4) is 5.75 Å². The van der Waals surface area contributed by atoms with Crippen LogP contribution < -0.4 is 4.74 Å². The topological polar surface area (TPSA) is 179 Å². The molecular formula is C29H39N3O10. The molecule has 42 heavy (non-hydrogen) atoms. The number of aromatic nitrogens is 1. The number of aliphatic carboxylic acids is 3.